The summed E-state index contributed by atoms with van der Waals surface area (Å²) in [4.78, 5) is 19.9. The maximum absolute atomic E-state index is 13.8. The van der Waals surface area contributed by atoms with Gasteiger partial charge in [-0.25, -0.2) is 9.37 Å². The predicted molar refractivity (Wildman–Crippen MR) is 126 cm³/mol. The van der Waals surface area contributed by atoms with Crippen LogP contribution in [0.3, 0.4) is 0 Å². The molecular weight excluding hydrogens is 403 g/mol. The number of nitrogens with zero attached hydrogens (tertiary/aromatic N) is 3. The average molecular weight is 429 g/mol. The fourth-order valence-corrected chi connectivity index (χ4v) is 4.08. The lowest BCUT2D eigenvalue weighted by Gasteiger charge is -2.31. The smallest absolute Gasteiger partial charge is 0.272 e. The molecule has 0 aliphatic carbocycles. The molecule has 32 heavy (non-hydrogen) atoms. The second-order valence-electron chi connectivity index (χ2n) is 8.19. The van der Waals surface area contributed by atoms with Gasteiger partial charge in [0.1, 0.15) is 17.3 Å². The molecule has 0 spiro atoms. The first-order valence-electron chi connectivity index (χ1n) is 11.0. The maximum atomic E-state index is 13.8. The summed E-state index contributed by atoms with van der Waals surface area (Å²) in [6, 6.07) is 18.4. The Hall–Kier alpha value is -3.67. The molecule has 0 atom stereocenters. The van der Waals surface area contributed by atoms with E-state index in [1.807, 2.05) is 34.9 Å². The summed E-state index contributed by atoms with van der Waals surface area (Å²) in [5.41, 5.74) is 4.14. The van der Waals surface area contributed by atoms with Gasteiger partial charge in [0.05, 0.1) is 11.9 Å². The van der Waals surface area contributed by atoms with Crippen LogP contribution in [0.2, 0.25) is 0 Å². The fourth-order valence-electron chi connectivity index (χ4n) is 4.08. The van der Waals surface area contributed by atoms with Crippen molar-refractivity contribution in [2.75, 3.05) is 23.3 Å². The van der Waals surface area contributed by atoms with Crippen molar-refractivity contribution in [1.29, 1.82) is 0 Å². The number of aromatic nitrogens is 2. The second kappa shape index (κ2) is 8.46. The zero-order valence-corrected chi connectivity index (χ0v) is 18.0. The Morgan fingerprint density at radius 2 is 1.94 bits per heavy atom. The van der Waals surface area contributed by atoms with Gasteiger partial charge in [0, 0.05) is 30.5 Å². The van der Waals surface area contributed by atoms with Gasteiger partial charge in [0.25, 0.3) is 5.91 Å². The van der Waals surface area contributed by atoms with Crippen LogP contribution in [-0.2, 0) is 13.0 Å². The molecule has 1 N–H and O–H groups in total. The molecule has 2 aromatic carbocycles. The minimum absolute atomic E-state index is 0.214. The number of amides is 1. The van der Waals surface area contributed by atoms with E-state index in [0.717, 1.165) is 41.8 Å². The number of anilines is 2. The van der Waals surface area contributed by atoms with Gasteiger partial charge in [-0.1, -0.05) is 31.2 Å². The van der Waals surface area contributed by atoms with Crippen molar-refractivity contribution in [2.45, 2.75) is 26.3 Å². The number of rotatable bonds is 6. The van der Waals surface area contributed by atoms with Gasteiger partial charge in [0.15, 0.2) is 0 Å². The molecule has 1 aliphatic heterocycles. The summed E-state index contributed by atoms with van der Waals surface area (Å²) >= 11 is 0. The zero-order valence-electron chi connectivity index (χ0n) is 18.0. The normalized spacial score (nSPS) is 13.2. The molecule has 1 saturated heterocycles. The van der Waals surface area contributed by atoms with E-state index in [1.165, 1.54) is 24.1 Å². The van der Waals surface area contributed by atoms with Crippen molar-refractivity contribution in [3.05, 3.63) is 89.5 Å². The first kappa shape index (κ1) is 20.2. The third-order valence-electron chi connectivity index (χ3n) is 6.03. The van der Waals surface area contributed by atoms with Crippen LogP contribution in [0.15, 0.2) is 66.9 Å². The summed E-state index contributed by atoms with van der Waals surface area (Å²) in [5, 5.41) is 3.95. The molecule has 0 bridgehead atoms. The first-order valence-corrected chi connectivity index (χ1v) is 11.0. The lowest BCUT2D eigenvalue weighted by molar-refractivity contribution is 0.101. The Balaban J connectivity index is 1.48. The Morgan fingerprint density at radius 1 is 1.06 bits per heavy atom. The molecule has 1 fully saturated rings. The largest absolute Gasteiger partial charge is 0.356 e. The highest BCUT2D eigenvalue weighted by Gasteiger charge is 2.18. The van der Waals surface area contributed by atoms with Gasteiger partial charge < -0.3 is 14.8 Å². The lowest BCUT2D eigenvalue weighted by Crippen LogP contribution is -2.37. The number of hydrogen-bond donors (Lipinski definition) is 1. The van der Waals surface area contributed by atoms with Gasteiger partial charge in [-0.05, 0) is 60.4 Å². The minimum atomic E-state index is -0.285. The van der Waals surface area contributed by atoms with Crippen LogP contribution in [-0.4, -0.2) is 28.5 Å². The number of aryl methyl sites for hydroxylation is 1. The van der Waals surface area contributed by atoms with E-state index in [-0.39, 0.29) is 11.7 Å². The molecule has 5 rings (SSSR count). The Labute approximate surface area is 186 Å². The van der Waals surface area contributed by atoms with E-state index in [9.17, 15) is 9.18 Å². The molecule has 3 heterocycles. The van der Waals surface area contributed by atoms with Crippen LogP contribution in [0.5, 0.6) is 0 Å². The van der Waals surface area contributed by atoms with E-state index in [0.29, 0.717) is 17.9 Å². The molecule has 2 aromatic heterocycles. The Bertz CT molecular complexity index is 1270. The van der Waals surface area contributed by atoms with Crippen molar-refractivity contribution < 1.29 is 9.18 Å². The maximum Gasteiger partial charge on any atom is 0.272 e. The van der Waals surface area contributed by atoms with Crippen LogP contribution in [0.4, 0.5) is 15.9 Å². The highest BCUT2D eigenvalue weighted by Crippen LogP contribution is 2.25. The van der Waals surface area contributed by atoms with Crippen molar-refractivity contribution >= 4 is 28.3 Å². The number of fused-ring (bicyclic) bond motifs is 1. The molecule has 0 unspecified atom stereocenters. The summed E-state index contributed by atoms with van der Waals surface area (Å²) in [6.45, 7) is 4.56. The number of carbonyl (C=O) groups is 1. The SMILES string of the molecule is CCc1ccc2cc(C(=O)Nc3ccc(N4CCC4)nc3)n(Cc3cccc(F)c3)c2c1. The van der Waals surface area contributed by atoms with Crippen molar-refractivity contribution in [3.63, 3.8) is 0 Å². The van der Waals surface area contributed by atoms with Crippen LogP contribution in [0, 0.1) is 5.82 Å². The van der Waals surface area contributed by atoms with Gasteiger partial charge in [-0.3, -0.25) is 4.79 Å². The number of pyridine rings is 1. The summed E-state index contributed by atoms with van der Waals surface area (Å²) < 4.78 is 15.8. The third-order valence-corrected chi connectivity index (χ3v) is 6.03. The zero-order chi connectivity index (χ0) is 22.1. The van der Waals surface area contributed by atoms with Crippen LogP contribution in [0.25, 0.3) is 10.9 Å². The van der Waals surface area contributed by atoms with Gasteiger partial charge in [-0.15, -0.1) is 0 Å². The third kappa shape index (κ3) is 3.96. The molecule has 4 aromatic rings. The number of nitrogens with one attached hydrogen (secondary N) is 1. The lowest BCUT2D eigenvalue weighted by atomic mass is 10.1. The standard InChI is InChI=1S/C26H25FN4O/c1-2-18-7-8-20-15-24(31(23(20)14-18)17-19-5-3-6-21(27)13-19)26(32)29-22-9-10-25(28-16-22)30-11-4-12-30/h3,5-10,13-16H,2,4,11-12,17H2,1H3,(H,29,32). The number of halogens is 1. The Kier molecular flexibility index (Phi) is 5.35. The highest BCUT2D eigenvalue weighted by molar-refractivity contribution is 6.06. The number of benzene rings is 2. The van der Waals surface area contributed by atoms with Crippen molar-refractivity contribution in [2.24, 2.45) is 0 Å². The second-order valence-corrected chi connectivity index (χ2v) is 8.19. The molecule has 0 saturated carbocycles. The van der Waals surface area contributed by atoms with E-state index < -0.39 is 0 Å². The molecule has 162 valence electrons. The number of hydrogen-bond acceptors (Lipinski definition) is 3. The van der Waals surface area contributed by atoms with Crippen molar-refractivity contribution in [1.82, 2.24) is 9.55 Å². The summed E-state index contributed by atoms with van der Waals surface area (Å²) in [5.74, 6) is 0.434. The molecular formula is C26H25FN4O. The molecule has 6 heteroatoms. The van der Waals surface area contributed by atoms with Gasteiger partial charge >= 0.3 is 0 Å². The van der Waals surface area contributed by atoms with Crippen LogP contribution < -0.4 is 10.2 Å². The summed E-state index contributed by atoms with van der Waals surface area (Å²) in [6.07, 6.45) is 3.79. The Morgan fingerprint density at radius 3 is 2.62 bits per heavy atom. The minimum Gasteiger partial charge on any atom is -0.356 e. The monoisotopic (exact) mass is 428 g/mol. The van der Waals surface area contributed by atoms with E-state index in [4.69, 9.17) is 0 Å². The molecule has 5 nitrogen and oxygen atoms in total. The highest BCUT2D eigenvalue weighted by atomic mass is 19.1. The quantitative estimate of drug-likeness (QED) is 0.456. The van der Waals surface area contributed by atoms with E-state index in [1.54, 1.807) is 12.3 Å². The number of carbonyl (C=O) groups excluding carboxylic acids is 1. The first-order chi connectivity index (χ1) is 15.6. The molecule has 1 aliphatic rings. The average Bonchev–Trinajstić information content (AvgIpc) is 3.11. The van der Waals surface area contributed by atoms with Crippen LogP contribution in [0.1, 0.15) is 35.0 Å². The van der Waals surface area contributed by atoms with Crippen molar-refractivity contribution in [3.8, 4) is 0 Å². The molecule has 1 amide bonds. The topological polar surface area (TPSA) is 50.2 Å². The van der Waals surface area contributed by atoms with Crippen LogP contribution >= 0.6 is 0 Å². The van der Waals surface area contributed by atoms with Gasteiger partial charge in [0.2, 0.25) is 0 Å². The van der Waals surface area contributed by atoms with Gasteiger partial charge in [-0.2, -0.15) is 0 Å². The predicted octanol–water partition coefficient (Wildman–Crippen LogP) is 5.25. The molecule has 0 radical (unpaired) electrons. The van der Waals surface area contributed by atoms with E-state index >= 15 is 0 Å². The fraction of sp³-hybridized carbons (Fsp3) is 0.231. The van der Waals surface area contributed by atoms with E-state index in [2.05, 4.69) is 34.3 Å². The summed E-state index contributed by atoms with van der Waals surface area (Å²) in [7, 11) is 0.